The van der Waals surface area contributed by atoms with E-state index in [1.165, 1.54) is 0 Å². The molecular weight excluding hydrogens is 119 g/mol. The zero-order valence-corrected chi connectivity index (χ0v) is 6.83. The van der Waals surface area contributed by atoms with E-state index in [0.717, 1.165) is 12.2 Å². The van der Waals surface area contributed by atoms with Crippen molar-refractivity contribution in [3.8, 4) is 0 Å². The van der Waals surface area contributed by atoms with E-state index < -0.39 is 0 Å². The topological polar surface area (TPSA) is 17.3 Å². The Kier molecular flexibility index (Phi) is 4.55. The van der Waals surface area contributed by atoms with Crippen LogP contribution in [-0.4, -0.2) is 19.0 Å². The van der Waals surface area contributed by atoms with Crippen molar-refractivity contribution in [3.05, 3.63) is 24.0 Å². The quantitative estimate of drug-likeness (QED) is 0.419. The minimum atomic E-state index is 0. The molecule has 0 aromatic carbocycles. The largest absolute Gasteiger partial charge is 1.00 e. The van der Waals surface area contributed by atoms with Crippen LogP contribution in [0.2, 0.25) is 0 Å². The molecule has 0 aliphatic carbocycles. The average molecular weight is 130 g/mol. The van der Waals surface area contributed by atoms with Crippen LogP contribution >= 0.6 is 0 Å². The molecule has 0 fully saturated rings. The molecule has 0 aliphatic heterocycles. The van der Waals surface area contributed by atoms with Gasteiger partial charge >= 0.3 is 18.9 Å². The first kappa shape index (κ1) is 9.84. The van der Waals surface area contributed by atoms with E-state index in [4.69, 9.17) is 0 Å². The molecule has 0 amide bonds. The second-order valence-corrected chi connectivity index (χ2v) is 2.37. The summed E-state index contributed by atoms with van der Waals surface area (Å²) in [5, 5.41) is 0. The molecule has 3 heteroatoms. The summed E-state index contributed by atoms with van der Waals surface area (Å²) in [6.45, 7) is 0.938. The van der Waals surface area contributed by atoms with E-state index in [9.17, 15) is 0 Å². The van der Waals surface area contributed by atoms with E-state index in [-0.39, 0.29) is 18.9 Å². The summed E-state index contributed by atoms with van der Waals surface area (Å²) in [6.07, 6.45) is 1.82. The van der Waals surface area contributed by atoms with Gasteiger partial charge in [-0.25, -0.2) is 0 Å². The Morgan fingerprint density at radius 1 is 1.50 bits per heavy atom. The van der Waals surface area contributed by atoms with Gasteiger partial charge in [0, 0.05) is 6.54 Å². The summed E-state index contributed by atoms with van der Waals surface area (Å²) < 4.78 is 0. The fraction of sp³-hybridized carbons (Fsp3) is 0.429. The van der Waals surface area contributed by atoms with Crippen molar-refractivity contribution in [2.45, 2.75) is 6.54 Å². The molecule has 10 heavy (non-hydrogen) atoms. The molecule has 0 unspecified atom stereocenters. The van der Waals surface area contributed by atoms with Gasteiger partial charge in [0.25, 0.3) is 0 Å². The van der Waals surface area contributed by atoms with Gasteiger partial charge < -0.3 is 9.88 Å². The van der Waals surface area contributed by atoms with Gasteiger partial charge in [0.2, 0.25) is 0 Å². The Labute approximate surface area is 73.8 Å². The van der Waals surface area contributed by atoms with E-state index in [1.54, 1.807) is 0 Å². The van der Waals surface area contributed by atoms with E-state index in [0.29, 0.717) is 0 Å². The van der Waals surface area contributed by atoms with Gasteiger partial charge in [-0.1, -0.05) is 12.1 Å². The smallest absolute Gasteiger partial charge is 0.667 e. The van der Waals surface area contributed by atoms with Crippen molar-refractivity contribution in [3.63, 3.8) is 0 Å². The van der Waals surface area contributed by atoms with Crippen LogP contribution in [0, 0.1) is 0 Å². The second-order valence-electron chi connectivity index (χ2n) is 2.37. The summed E-state index contributed by atoms with van der Waals surface area (Å²) in [6, 6.07) is 3.98. The predicted octanol–water partition coefficient (Wildman–Crippen LogP) is -2.29. The second kappa shape index (κ2) is 4.62. The minimum absolute atomic E-state index is 0. The molecule has 0 aliphatic rings. The van der Waals surface area contributed by atoms with Gasteiger partial charge in [-0.3, -0.25) is 0 Å². The average Bonchev–Trinajstić information content (AvgIpc) is 2.15. The zero-order chi connectivity index (χ0) is 6.69. The molecule has 0 saturated carbocycles. The third-order valence-electron chi connectivity index (χ3n) is 1.09. The molecule has 0 radical (unpaired) electrons. The van der Waals surface area contributed by atoms with Crippen LogP contribution in [0.4, 0.5) is 0 Å². The van der Waals surface area contributed by atoms with Crippen LogP contribution in [0.25, 0.3) is 0 Å². The Bertz CT molecular complexity index is 158. The van der Waals surface area contributed by atoms with E-state index in [2.05, 4.69) is 9.88 Å². The molecular formula is C7H11LiN2. The maximum absolute atomic E-state index is 4.11. The van der Waals surface area contributed by atoms with Crippen LogP contribution in [-0.2, 0) is 6.54 Å². The number of hydrogen-bond donors (Lipinski definition) is 0. The minimum Gasteiger partial charge on any atom is -0.667 e. The van der Waals surface area contributed by atoms with Gasteiger partial charge in [0.1, 0.15) is 0 Å². The standard InChI is InChI=1S/C7H11N2.Li/c1-9(2)6-7-4-3-5-8-7;/h3-5H,6H2,1-2H3;/q-1;+1. The maximum Gasteiger partial charge on any atom is 1.00 e. The third-order valence-corrected chi connectivity index (χ3v) is 1.09. The number of rotatable bonds is 2. The summed E-state index contributed by atoms with van der Waals surface area (Å²) in [5.41, 5.74) is 1.14. The first-order valence-electron chi connectivity index (χ1n) is 3.00. The van der Waals surface area contributed by atoms with Gasteiger partial charge in [0.15, 0.2) is 0 Å². The summed E-state index contributed by atoms with van der Waals surface area (Å²) >= 11 is 0. The molecule has 50 valence electrons. The first-order valence-corrected chi connectivity index (χ1v) is 3.00. The van der Waals surface area contributed by atoms with Gasteiger partial charge in [-0.15, -0.1) is 5.69 Å². The monoisotopic (exact) mass is 130 g/mol. The van der Waals surface area contributed by atoms with Crippen LogP contribution in [0.1, 0.15) is 5.69 Å². The molecule has 1 aromatic heterocycles. The van der Waals surface area contributed by atoms with Crippen molar-refractivity contribution in [1.82, 2.24) is 9.88 Å². The van der Waals surface area contributed by atoms with E-state index >= 15 is 0 Å². The normalized spacial score (nSPS) is 9.50. The first-order chi connectivity index (χ1) is 4.29. The van der Waals surface area contributed by atoms with Gasteiger partial charge in [-0.05, 0) is 14.1 Å². The zero-order valence-electron chi connectivity index (χ0n) is 6.83. The molecule has 2 nitrogen and oxygen atoms in total. The summed E-state index contributed by atoms with van der Waals surface area (Å²) in [5.74, 6) is 0. The van der Waals surface area contributed by atoms with Crippen molar-refractivity contribution >= 4 is 0 Å². The molecule has 1 rings (SSSR count). The van der Waals surface area contributed by atoms with Crippen LogP contribution in [0.5, 0.6) is 0 Å². The molecule has 0 bridgehead atoms. The van der Waals surface area contributed by atoms with Crippen LogP contribution in [0.3, 0.4) is 0 Å². The number of hydrogen-bond acceptors (Lipinski definition) is 1. The van der Waals surface area contributed by atoms with Crippen molar-refractivity contribution in [2.75, 3.05) is 14.1 Å². The Balaban J connectivity index is 0.000000810. The molecule has 0 N–H and O–H groups in total. The molecule has 0 atom stereocenters. The third kappa shape index (κ3) is 3.12. The Morgan fingerprint density at radius 2 is 2.20 bits per heavy atom. The number of nitrogens with zero attached hydrogens (tertiary/aromatic N) is 2. The molecule has 1 aromatic rings. The van der Waals surface area contributed by atoms with Gasteiger partial charge in [-0.2, -0.15) is 6.20 Å². The SMILES string of the molecule is CN(C)Cc1ccc[n-]1.[Li+]. The van der Waals surface area contributed by atoms with E-state index in [1.807, 2.05) is 32.4 Å². The summed E-state index contributed by atoms with van der Waals surface area (Å²) in [7, 11) is 4.07. The van der Waals surface area contributed by atoms with Crippen LogP contribution in [0.15, 0.2) is 18.3 Å². The van der Waals surface area contributed by atoms with Crippen molar-refractivity contribution in [1.29, 1.82) is 0 Å². The fourth-order valence-corrected chi connectivity index (χ4v) is 0.753. The molecule has 0 spiro atoms. The van der Waals surface area contributed by atoms with Crippen LogP contribution < -0.4 is 23.8 Å². The fourth-order valence-electron chi connectivity index (χ4n) is 0.753. The number of aromatic nitrogens is 1. The summed E-state index contributed by atoms with van der Waals surface area (Å²) in [4.78, 5) is 6.21. The van der Waals surface area contributed by atoms with Crippen molar-refractivity contribution < 1.29 is 18.9 Å². The molecule has 0 saturated heterocycles. The Hall–Kier alpha value is -0.163. The Morgan fingerprint density at radius 3 is 2.60 bits per heavy atom. The predicted molar refractivity (Wildman–Crippen MR) is 37.2 cm³/mol. The van der Waals surface area contributed by atoms with Crippen molar-refractivity contribution in [2.24, 2.45) is 0 Å². The maximum atomic E-state index is 4.11. The molecule has 1 heterocycles. The van der Waals surface area contributed by atoms with Gasteiger partial charge in [0.05, 0.1) is 0 Å².